The van der Waals surface area contributed by atoms with Gasteiger partial charge in [-0.3, -0.25) is 9.78 Å². The molecule has 6 heteroatoms. The van der Waals surface area contributed by atoms with Crippen LogP contribution < -0.4 is 5.32 Å². The second-order valence-corrected chi connectivity index (χ2v) is 10.0. The lowest BCUT2D eigenvalue weighted by atomic mass is 9.53. The Labute approximate surface area is 177 Å². The van der Waals surface area contributed by atoms with Gasteiger partial charge >= 0.3 is 0 Å². The van der Waals surface area contributed by atoms with Gasteiger partial charge in [0.1, 0.15) is 6.33 Å². The van der Waals surface area contributed by atoms with Crippen LogP contribution in [0.1, 0.15) is 49.8 Å². The van der Waals surface area contributed by atoms with E-state index < -0.39 is 5.41 Å². The maximum absolute atomic E-state index is 13.9. The van der Waals surface area contributed by atoms with E-state index in [0.717, 1.165) is 48.3 Å². The van der Waals surface area contributed by atoms with Gasteiger partial charge in [-0.15, -0.1) is 0 Å². The average molecular weight is 407 g/mol. The van der Waals surface area contributed by atoms with E-state index in [4.69, 9.17) is 0 Å². The number of rotatable bonds is 7. The molecule has 2 heterocycles. The molecule has 0 aromatic carbocycles. The third kappa shape index (κ3) is 3.73. The molecule has 2 aromatic rings. The minimum atomic E-state index is -0.972. The number of amides is 1. The van der Waals surface area contributed by atoms with Crippen LogP contribution in [0, 0.1) is 23.2 Å². The number of nitrogens with one attached hydrogen (secondary N) is 1. The van der Waals surface area contributed by atoms with Gasteiger partial charge in [0.15, 0.2) is 0 Å². The third-order valence-corrected chi connectivity index (χ3v) is 7.63. The first kappa shape index (κ1) is 19.6. The highest BCUT2D eigenvalue weighted by Gasteiger charge is 2.53. The molecule has 1 atom stereocenters. The molecule has 2 N–H and O–H groups in total. The summed E-state index contributed by atoms with van der Waals surface area (Å²) in [7, 11) is 0. The predicted molar refractivity (Wildman–Crippen MR) is 112 cm³/mol. The fraction of sp³-hybridized carbons (Fsp3) is 0.583. The molecule has 4 fully saturated rings. The molecule has 30 heavy (non-hydrogen) atoms. The Bertz CT molecular complexity index is 810. The van der Waals surface area contributed by atoms with Crippen molar-refractivity contribution in [2.45, 2.75) is 56.9 Å². The van der Waals surface area contributed by atoms with Crippen molar-refractivity contribution in [1.82, 2.24) is 20.3 Å². The van der Waals surface area contributed by atoms with Crippen LogP contribution in [0.3, 0.4) is 0 Å². The van der Waals surface area contributed by atoms with Crippen LogP contribution in [-0.4, -0.2) is 38.1 Å². The maximum Gasteiger partial charge on any atom is 0.229 e. The second kappa shape index (κ2) is 7.73. The van der Waals surface area contributed by atoms with Crippen LogP contribution in [0.25, 0.3) is 0 Å². The van der Waals surface area contributed by atoms with E-state index in [1.807, 2.05) is 18.2 Å². The smallest absolute Gasteiger partial charge is 0.229 e. The summed E-state index contributed by atoms with van der Waals surface area (Å²) >= 11 is 0. The molecule has 0 radical (unpaired) electrons. The van der Waals surface area contributed by atoms with Gasteiger partial charge in [0.25, 0.3) is 0 Å². The summed E-state index contributed by atoms with van der Waals surface area (Å²) in [4.78, 5) is 26.4. The quantitative estimate of drug-likeness (QED) is 0.738. The summed E-state index contributed by atoms with van der Waals surface area (Å²) in [6, 6.07) is 5.67. The molecule has 6 rings (SSSR count). The molecule has 4 aliphatic rings. The molecule has 2 aromatic heterocycles. The zero-order valence-electron chi connectivity index (χ0n) is 17.3. The van der Waals surface area contributed by atoms with Crippen LogP contribution in [-0.2, 0) is 17.6 Å². The van der Waals surface area contributed by atoms with Gasteiger partial charge in [-0.2, -0.15) is 0 Å². The molecule has 0 saturated heterocycles. The first-order valence-corrected chi connectivity index (χ1v) is 11.2. The molecule has 4 saturated carbocycles. The zero-order valence-corrected chi connectivity index (χ0v) is 17.3. The van der Waals surface area contributed by atoms with Gasteiger partial charge in [-0.1, -0.05) is 6.07 Å². The lowest BCUT2D eigenvalue weighted by Gasteiger charge is -2.57. The Morgan fingerprint density at radius 3 is 2.37 bits per heavy atom. The number of carbonyl (C=O) groups excluding carboxylic acids is 1. The number of carbonyl (C=O) groups is 1. The number of pyridine rings is 1. The number of aliphatic hydroxyl groups is 1. The molecule has 4 bridgehead atoms. The molecule has 0 aliphatic heterocycles. The minimum absolute atomic E-state index is 0.0468. The van der Waals surface area contributed by atoms with Crippen LogP contribution in [0.2, 0.25) is 0 Å². The van der Waals surface area contributed by atoms with E-state index in [2.05, 4.69) is 20.3 Å². The van der Waals surface area contributed by atoms with Crippen molar-refractivity contribution >= 4 is 5.91 Å². The average Bonchev–Trinajstić information content (AvgIpc) is 2.73. The van der Waals surface area contributed by atoms with Crippen molar-refractivity contribution in [1.29, 1.82) is 0 Å². The van der Waals surface area contributed by atoms with Gasteiger partial charge < -0.3 is 10.4 Å². The SMILES string of the molecule is O=C(NC12CC3CC(CC(C3)C1)C2)C(CO)(Cc1cccnc1)Cc1ccncn1. The number of hydrogen-bond acceptors (Lipinski definition) is 5. The molecule has 4 aliphatic carbocycles. The fourth-order valence-electron chi connectivity index (χ4n) is 6.71. The summed E-state index contributed by atoms with van der Waals surface area (Å²) < 4.78 is 0. The van der Waals surface area contributed by atoms with Gasteiger partial charge in [-0.25, -0.2) is 9.97 Å². The fourth-order valence-corrected chi connectivity index (χ4v) is 6.71. The number of aliphatic hydroxyl groups excluding tert-OH is 1. The standard InChI is InChI=1S/C24H30N4O2/c29-15-23(9-17-2-1-4-25-14-17,13-21-3-5-26-16-27-21)22(30)28-24-10-18-6-19(11-24)8-20(7-18)12-24/h1-5,14,16,18-20,29H,6-13,15H2,(H,28,30). The normalized spacial score (nSPS) is 31.3. The first-order valence-electron chi connectivity index (χ1n) is 11.2. The van der Waals surface area contributed by atoms with Gasteiger partial charge in [0.05, 0.1) is 12.0 Å². The van der Waals surface area contributed by atoms with E-state index >= 15 is 0 Å². The van der Waals surface area contributed by atoms with E-state index in [-0.39, 0.29) is 18.1 Å². The Balaban J connectivity index is 1.43. The summed E-state index contributed by atoms with van der Waals surface area (Å²) in [5.74, 6) is 2.20. The first-order chi connectivity index (χ1) is 14.6. The molecule has 1 unspecified atom stereocenters. The van der Waals surface area contributed by atoms with E-state index in [9.17, 15) is 9.90 Å². The van der Waals surface area contributed by atoms with Crippen molar-refractivity contribution in [3.8, 4) is 0 Å². The van der Waals surface area contributed by atoms with Crippen LogP contribution >= 0.6 is 0 Å². The van der Waals surface area contributed by atoms with E-state index in [1.54, 1.807) is 18.6 Å². The second-order valence-electron chi connectivity index (χ2n) is 10.0. The zero-order chi connectivity index (χ0) is 20.6. The largest absolute Gasteiger partial charge is 0.395 e. The van der Waals surface area contributed by atoms with Gasteiger partial charge in [0.2, 0.25) is 5.91 Å². The molecular formula is C24H30N4O2. The number of aromatic nitrogens is 3. The Morgan fingerprint density at radius 2 is 1.80 bits per heavy atom. The van der Waals surface area contributed by atoms with Gasteiger partial charge in [-0.05, 0) is 80.4 Å². The van der Waals surface area contributed by atoms with Gasteiger partial charge in [0, 0.05) is 36.2 Å². The number of hydrogen-bond donors (Lipinski definition) is 2. The summed E-state index contributed by atoms with van der Waals surface area (Å²) in [5.41, 5.74) is 0.651. The molecular weight excluding hydrogens is 376 g/mol. The Hall–Kier alpha value is -2.34. The molecule has 158 valence electrons. The van der Waals surface area contributed by atoms with Crippen molar-refractivity contribution in [3.63, 3.8) is 0 Å². The highest BCUT2D eigenvalue weighted by Crippen LogP contribution is 2.55. The minimum Gasteiger partial charge on any atom is -0.395 e. The van der Waals surface area contributed by atoms with Crippen LogP contribution in [0.5, 0.6) is 0 Å². The van der Waals surface area contributed by atoms with Crippen molar-refractivity contribution in [2.24, 2.45) is 23.2 Å². The molecule has 1 amide bonds. The highest BCUT2D eigenvalue weighted by atomic mass is 16.3. The van der Waals surface area contributed by atoms with Crippen molar-refractivity contribution < 1.29 is 9.90 Å². The van der Waals surface area contributed by atoms with Crippen LogP contribution in [0.15, 0.2) is 43.1 Å². The summed E-state index contributed by atoms with van der Waals surface area (Å²) in [6.07, 6.45) is 14.8. The Kier molecular flexibility index (Phi) is 5.05. The van der Waals surface area contributed by atoms with E-state index in [1.165, 1.54) is 25.6 Å². The Morgan fingerprint density at radius 1 is 1.07 bits per heavy atom. The lowest BCUT2D eigenvalue weighted by molar-refractivity contribution is -0.139. The third-order valence-electron chi connectivity index (χ3n) is 7.63. The summed E-state index contributed by atoms with van der Waals surface area (Å²) in [5, 5.41) is 14.1. The topological polar surface area (TPSA) is 88.0 Å². The monoisotopic (exact) mass is 406 g/mol. The highest BCUT2D eigenvalue weighted by molar-refractivity contribution is 5.84. The van der Waals surface area contributed by atoms with E-state index in [0.29, 0.717) is 12.8 Å². The van der Waals surface area contributed by atoms with Crippen molar-refractivity contribution in [2.75, 3.05) is 6.61 Å². The molecule has 6 nitrogen and oxygen atoms in total. The van der Waals surface area contributed by atoms with Crippen LogP contribution in [0.4, 0.5) is 0 Å². The lowest BCUT2D eigenvalue weighted by Crippen LogP contribution is -2.63. The maximum atomic E-state index is 13.9. The number of nitrogens with zero attached hydrogens (tertiary/aromatic N) is 3. The van der Waals surface area contributed by atoms with Crippen molar-refractivity contribution in [3.05, 3.63) is 54.4 Å². The molecule has 0 spiro atoms. The summed E-state index contributed by atoms with van der Waals surface area (Å²) in [6.45, 7) is -0.232. The predicted octanol–water partition coefficient (Wildman–Crippen LogP) is 2.72.